The SMILES string of the molecule is COc1ccc(OC)c(C(=O)CCCCCCCCc2ccccc2)c1. The summed E-state index contributed by atoms with van der Waals surface area (Å²) in [4.78, 5) is 12.4. The van der Waals surface area contributed by atoms with Crippen LogP contribution in [-0.2, 0) is 6.42 Å². The number of carbonyl (C=O) groups excluding carboxylic acids is 1. The molecule has 3 heteroatoms. The standard InChI is InChI=1S/C23H30O3/c1-25-20-16-17-23(26-2)21(18-20)22(24)15-11-6-4-3-5-8-12-19-13-9-7-10-14-19/h7,9-10,13-14,16-18H,3-6,8,11-12,15H2,1-2H3. The molecule has 2 aromatic carbocycles. The third-order valence-electron chi connectivity index (χ3n) is 4.67. The van der Waals surface area contributed by atoms with E-state index < -0.39 is 0 Å². The van der Waals surface area contributed by atoms with E-state index in [4.69, 9.17) is 9.47 Å². The molecule has 26 heavy (non-hydrogen) atoms. The molecule has 0 spiro atoms. The zero-order valence-electron chi connectivity index (χ0n) is 16.0. The third kappa shape index (κ3) is 6.55. The van der Waals surface area contributed by atoms with Crippen LogP contribution in [-0.4, -0.2) is 20.0 Å². The maximum atomic E-state index is 12.4. The Hall–Kier alpha value is -2.29. The number of unbranched alkanes of at least 4 members (excludes halogenated alkanes) is 5. The molecule has 0 bridgehead atoms. The molecule has 0 unspecified atom stereocenters. The lowest BCUT2D eigenvalue weighted by molar-refractivity contribution is 0.0975. The van der Waals surface area contributed by atoms with Gasteiger partial charge in [0.25, 0.3) is 0 Å². The average molecular weight is 354 g/mol. The lowest BCUT2D eigenvalue weighted by atomic mass is 10.0. The lowest BCUT2D eigenvalue weighted by Crippen LogP contribution is -2.03. The van der Waals surface area contributed by atoms with Gasteiger partial charge < -0.3 is 9.47 Å². The zero-order chi connectivity index (χ0) is 18.6. The summed E-state index contributed by atoms with van der Waals surface area (Å²) in [7, 11) is 3.20. The lowest BCUT2D eigenvalue weighted by Gasteiger charge is -2.09. The van der Waals surface area contributed by atoms with Gasteiger partial charge in [-0.2, -0.15) is 0 Å². The van der Waals surface area contributed by atoms with Crippen LogP contribution >= 0.6 is 0 Å². The Morgan fingerprint density at radius 1 is 0.808 bits per heavy atom. The van der Waals surface area contributed by atoms with Crippen LogP contribution in [0.25, 0.3) is 0 Å². The third-order valence-corrected chi connectivity index (χ3v) is 4.67. The molecule has 0 fully saturated rings. The molecule has 0 aliphatic heterocycles. The summed E-state index contributed by atoms with van der Waals surface area (Å²) in [5.74, 6) is 1.44. The Labute approximate surface area is 157 Å². The molecule has 2 rings (SSSR count). The molecular weight excluding hydrogens is 324 g/mol. The van der Waals surface area contributed by atoms with Crippen LogP contribution in [0.15, 0.2) is 48.5 Å². The van der Waals surface area contributed by atoms with Crippen molar-refractivity contribution in [2.45, 2.75) is 51.4 Å². The van der Waals surface area contributed by atoms with Gasteiger partial charge in [0.15, 0.2) is 5.78 Å². The Balaban J connectivity index is 1.61. The first kappa shape index (κ1) is 20.0. The van der Waals surface area contributed by atoms with E-state index in [9.17, 15) is 4.79 Å². The van der Waals surface area contributed by atoms with Gasteiger partial charge in [-0.1, -0.05) is 56.0 Å². The predicted molar refractivity (Wildman–Crippen MR) is 106 cm³/mol. The van der Waals surface area contributed by atoms with E-state index in [2.05, 4.69) is 30.3 Å². The number of aryl methyl sites for hydroxylation is 1. The van der Waals surface area contributed by atoms with E-state index in [0.29, 0.717) is 23.5 Å². The largest absolute Gasteiger partial charge is 0.497 e. The van der Waals surface area contributed by atoms with Crippen molar-refractivity contribution in [2.24, 2.45) is 0 Å². The van der Waals surface area contributed by atoms with Gasteiger partial charge >= 0.3 is 0 Å². The fourth-order valence-corrected chi connectivity index (χ4v) is 3.13. The van der Waals surface area contributed by atoms with Crippen LogP contribution in [0.4, 0.5) is 0 Å². The van der Waals surface area contributed by atoms with Gasteiger partial charge in [-0.05, 0) is 43.0 Å². The first-order chi connectivity index (χ1) is 12.7. The van der Waals surface area contributed by atoms with Crippen molar-refractivity contribution in [3.8, 4) is 11.5 Å². The topological polar surface area (TPSA) is 35.5 Å². The van der Waals surface area contributed by atoms with Crippen molar-refractivity contribution in [2.75, 3.05) is 14.2 Å². The van der Waals surface area contributed by atoms with Crippen LogP contribution < -0.4 is 9.47 Å². The zero-order valence-corrected chi connectivity index (χ0v) is 16.0. The molecule has 2 aromatic rings. The van der Waals surface area contributed by atoms with Crippen molar-refractivity contribution in [1.82, 2.24) is 0 Å². The molecule has 0 aliphatic carbocycles. The molecule has 0 N–H and O–H groups in total. The Morgan fingerprint density at radius 2 is 1.50 bits per heavy atom. The highest BCUT2D eigenvalue weighted by molar-refractivity contribution is 5.99. The Kier molecular flexibility index (Phi) is 8.74. The minimum atomic E-state index is 0.129. The summed E-state index contributed by atoms with van der Waals surface area (Å²) in [5.41, 5.74) is 2.04. The minimum absolute atomic E-state index is 0.129. The molecule has 0 amide bonds. The molecule has 0 radical (unpaired) electrons. The second-order valence-corrected chi connectivity index (χ2v) is 6.60. The highest BCUT2D eigenvalue weighted by Gasteiger charge is 2.13. The molecule has 0 aromatic heterocycles. The smallest absolute Gasteiger partial charge is 0.166 e. The van der Waals surface area contributed by atoms with E-state index in [1.807, 2.05) is 6.07 Å². The molecule has 0 saturated heterocycles. The number of carbonyl (C=O) groups is 1. The minimum Gasteiger partial charge on any atom is -0.497 e. The van der Waals surface area contributed by atoms with Gasteiger partial charge in [-0.3, -0.25) is 4.79 Å². The molecule has 0 atom stereocenters. The van der Waals surface area contributed by atoms with Crippen LogP contribution in [0.3, 0.4) is 0 Å². The summed E-state index contributed by atoms with van der Waals surface area (Å²) < 4.78 is 10.5. The molecular formula is C23H30O3. The van der Waals surface area contributed by atoms with Crippen molar-refractivity contribution < 1.29 is 14.3 Å². The summed E-state index contributed by atoms with van der Waals surface area (Å²) in [6, 6.07) is 16.0. The van der Waals surface area contributed by atoms with Gasteiger partial charge in [-0.25, -0.2) is 0 Å². The highest BCUT2D eigenvalue weighted by atomic mass is 16.5. The van der Waals surface area contributed by atoms with E-state index in [1.54, 1.807) is 26.4 Å². The summed E-state index contributed by atoms with van der Waals surface area (Å²) in [6.45, 7) is 0. The number of benzene rings is 2. The van der Waals surface area contributed by atoms with E-state index in [0.717, 1.165) is 19.3 Å². The first-order valence-corrected chi connectivity index (χ1v) is 9.53. The number of hydrogen-bond donors (Lipinski definition) is 0. The first-order valence-electron chi connectivity index (χ1n) is 9.53. The van der Waals surface area contributed by atoms with Gasteiger partial charge in [-0.15, -0.1) is 0 Å². The maximum Gasteiger partial charge on any atom is 0.166 e. The quantitative estimate of drug-likeness (QED) is 0.354. The molecule has 140 valence electrons. The fraction of sp³-hybridized carbons (Fsp3) is 0.435. The van der Waals surface area contributed by atoms with Gasteiger partial charge in [0, 0.05) is 6.42 Å². The number of ketones is 1. The van der Waals surface area contributed by atoms with Gasteiger partial charge in [0.2, 0.25) is 0 Å². The summed E-state index contributed by atoms with van der Waals surface area (Å²) >= 11 is 0. The molecule has 0 heterocycles. The van der Waals surface area contributed by atoms with E-state index in [1.165, 1.54) is 31.2 Å². The second kappa shape index (κ2) is 11.3. The number of hydrogen-bond acceptors (Lipinski definition) is 3. The number of Topliss-reactive ketones (excluding diaryl/α,β-unsaturated/α-hetero) is 1. The average Bonchev–Trinajstić information content (AvgIpc) is 2.70. The van der Waals surface area contributed by atoms with Crippen LogP contribution in [0, 0.1) is 0 Å². The van der Waals surface area contributed by atoms with Crippen LogP contribution in [0.2, 0.25) is 0 Å². The van der Waals surface area contributed by atoms with Crippen molar-refractivity contribution in [3.63, 3.8) is 0 Å². The van der Waals surface area contributed by atoms with Gasteiger partial charge in [0.1, 0.15) is 11.5 Å². The van der Waals surface area contributed by atoms with Crippen molar-refractivity contribution in [3.05, 3.63) is 59.7 Å². The van der Waals surface area contributed by atoms with Gasteiger partial charge in [0.05, 0.1) is 19.8 Å². The molecule has 0 saturated carbocycles. The summed E-state index contributed by atoms with van der Waals surface area (Å²) in [5, 5.41) is 0. The maximum absolute atomic E-state index is 12.4. The Bertz CT molecular complexity index is 664. The number of ether oxygens (including phenoxy) is 2. The van der Waals surface area contributed by atoms with Crippen molar-refractivity contribution in [1.29, 1.82) is 0 Å². The second-order valence-electron chi connectivity index (χ2n) is 6.60. The van der Waals surface area contributed by atoms with E-state index >= 15 is 0 Å². The number of rotatable bonds is 12. The van der Waals surface area contributed by atoms with E-state index in [-0.39, 0.29) is 5.78 Å². The normalized spacial score (nSPS) is 10.5. The Morgan fingerprint density at radius 3 is 2.19 bits per heavy atom. The predicted octanol–water partition coefficient (Wildman–Crippen LogP) is 5.86. The van der Waals surface area contributed by atoms with Crippen LogP contribution in [0.1, 0.15) is 60.9 Å². The van der Waals surface area contributed by atoms with Crippen LogP contribution in [0.5, 0.6) is 11.5 Å². The molecule has 0 aliphatic rings. The highest BCUT2D eigenvalue weighted by Crippen LogP contribution is 2.26. The monoisotopic (exact) mass is 354 g/mol. The number of methoxy groups -OCH3 is 2. The summed E-state index contributed by atoms with van der Waals surface area (Å²) in [6.07, 6.45) is 8.68. The fourth-order valence-electron chi connectivity index (χ4n) is 3.13. The molecule has 3 nitrogen and oxygen atoms in total. The van der Waals surface area contributed by atoms with Crippen molar-refractivity contribution >= 4 is 5.78 Å².